The summed E-state index contributed by atoms with van der Waals surface area (Å²) in [6.07, 6.45) is -9.37. The fraction of sp³-hybridized carbons (Fsp3) is 0.520. The Balaban J connectivity index is 1.92. The zero-order chi connectivity index (χ0) is 29.5. The summed E-state index contributed by atoms with van der Waals surface area (Å²) in [5, 5.41) is 61.2. The molecule has 1 aromatic rings. The van der Waals surface area contributed by atoms with E-state index < -0.39 is 83.4 Å². The lowest BCUT2D eigenvalue weighted by Gasteiger charge is -2.48. The van der Waals surface area contributed by atoms with Gasteiger partial charge in [0.25, 0.3) is 0 Å². The number of carbonyl (C=O) groups excluding carboxylic acids is 1. The summed E-state index contributed by atoms with van der Waals surface area (Å²) in [5.74, 6) is -11.0. The smallest absolute Gasteiger partial charge is 0.343 e. The molecule has 0 radical (unpaired) electrons. The normalized spacial score (nSPS) is 33.1. The van der Waals surface area contributed by atoms with Crippen LogP contribution >= 0.6 is 0 Å². The van der Waals surface area contributed by atoms with Crippen LogP contribution in [0.3, 0.4) is 0 Å². The number of carbonyl (C=O) groups is 4. The summed E-state index contributed by atoms with van der Waals surface area (Å²) in [5.41, 5.74) is -6.61. The van der Waals surface area contributed by atoms with Gasteiger partial charge in [0.15, 0.2) is 5.79 Å². The highest BCUT2D eigenvalue weighted by Gasteiger charge is 2.84. The molecular weight excluding hydrogens is 527 g/mol. The fourth-order valence-corrected chi connectivity index (χ4v) is 5.22. The molecule has 6 N–H and O–H groups in total. The molecule has 2 heterocycles. The molecule has 0 aliphatic carbocycles. The zero-order valence-electron chi connectivity index (χ0n) is 20.9. The molecule has 3 rings (SSSR count). The molecule has 13 nitrogen and oxygen atoms in total. The van der Waals surface area contributed by atoms with Gasteiger partial charge >= 0.3 is 23.9 Å². The van der Waals surface area contributed by atoms with Crippen molar-refractivity contribution >= 4 is 23.9 Å². The molecule has 2 saturated heterocycles. The van der Waals surface area contributed by atoms with E-state index >= 15 is 0 Å². The van der Waals surface area contributed by atoms with Crippen LogP contribution < -0.4 is 0 Å². The lowest BCUT2D eigenvalue weighted by Crippen LogP contribution is -2.77. The lowest BCUT2D eigenvalue weighted by atomic mass is 9.74. The number of ether oxygens (including phenoxy) is 3. The van der Waals surface area contributed by atoms with E-state index in [1.807, 2.05) is 0 Å². The molecule has 2 bridgehead atoms. The molecule has 0 amide bonds. The number of esters is 1. The van der Waals surface area contributed by atoms with Gasteiger partial charge in [-0.1, -0.05) is 25.6 Å². The van der Waals surface area contributed by atoms with Crippen molar-refractivity contribution in [2.24, 2.45) is 5.92 Å². The lowest BCUT2D eigenvalue weighted by molar-refractivity contribution is -0.374. The van der Waals surface area contributed by atoms with Crippen LogP contribution in [0.25, 0.3) is 0 Å². The van der Waals surface area contributed by atoms with Gasteiger partial charge in [-0.3, -0.25) is 4.79 Å². The standard InChI is InChI=1S/C25H29FO13/c1-11(16(37-13(3)27)12(2)9-14-5-4-6-15(26)10-14)7-8-23-17(28)18(29)25(39-23,22(34)35)24(36,21(32)33)19(38-23)20(30)31/h4-6,10,12,16-19,28-29,36H,1,7-9H2,2-3H3,(H,30,31)(H,32,33)(H,34,35). The van der Waals surface area contributed by atoms with E-state index in [1.54, 1.807) is 13.0 Å². The second-order valence-electron chi connectivity index (χ2n) is 9.75. The maximum absolute atomic E-state index is 13.6. The van der Waals surface area contributed by atoms with Crippen molar-refractivity contribution in [2.75, 3.05) is 0 Å². The molecule has 8 unspecified atom stereocenters. The highest BCUT2D eigenvalue weighted by molar-refractivity contribution is 5.97. The predicted molar refractivity (Wildman–Crippen MR) is 124 cm³/mol. The Kier molecular flexibility index (Phi) is 8.20. The van der Waals surface area contributed by atoms with Crippen LogP contribution in [0.15, 0.2) is 36.4 Å². The number of aliphatic hydroxyl groups is 3. The van der Waals surface area contributed by atoms with Crippen LogP contribution in [0, 0.1) is 11.7 Å². The van der Waals surface area contributed by atoms with E-state index in [0.717, 1.165) is 6.92 Å². The average Bonchev–Trinajstić information content (AvgIpc) is 3.04. The summed E-state index contributed by atoms with van der Waals surface area (Å²) in [6, 6.07) is 5.72. The zero-order valence-corrected chi connectivity index (χ0v) is 20.9. The van der Waals surface area contributed by atoms with Crippen molar-refractivity contribution in [1.82, 2.24) is 0 Å². The number of hydrogen-bond donors (Lipinski definition) is 6. The molecule has 2 aliphatic rings. The Hall–Kier alpha value is -3.43. The van der Waals surface area contributed by atoms with Crippen molar-refractivity contribution in [1.29, 1.82) is 0 Å². The van der Waals surface area contributed by atoms with E-state index in [-0.39, 0.29) is 18.4 Å². The molecule has 14 heteroatoms. The van der Waals surface area contributed by atoms with E-state index in [1.165, 1.54) is 18.2 Å². The summed E-state index contributed by atoms with van der Waals surface area (Å²) in [6.45, 7) is 6.71. The van der Waals surface area contributed by atoms with E-state index in [2.05, 4.69) is 6.58 Å². The average molecular weight is 556 g/mol. The molecule has 1 aromatic carbocycles. The molecule has 0 aromatic heterocycles. The van der Waals surface area contributed by atoms with Crippen LogP contribution in [0.4, 0.5) is 4.39 Å². The number of carboxylic acids is 3. The Morgan fingerprint density at radius 2 is 1.77 bits per heavy atom. The van der Waals surface area contributed by atoms with Gasteiger partial charge in [0, 0.05) is 19.3 Å². The van der Waals surface area contributed by atoms with Gasteiger partial charge in [-0.2, -0.15) is 0 Å². The first-order valence-corrected chi connectivity index (χ1v) is 11.8. The molecule has 214 valence electrons. The summed E-state index contributed by atoms with van der Waals surface area (Å²) < 4.78 is 29.5. The Labute approximate surface area is 221 Å². The largest absolute Gasteiger partial charge is 0.479 e. The van der Waals surface area contributed by atoms with Crippen LogP contribution in [-0.2, 0) is 39.8 Å². The fourth-order valence-electron chi connectivity index (χ4n) is 5.22. The van der Waals surface area contributed by atoms with Gasteiger partial charge in [-0.15, -0.1) is 0 Å². The highest BCUT2D eigenvalue weighted by Crippen LogP contribution is 2.54. The minimum atomic E-state index is -3.85. The number of hydrogen-bond acceptors (Lipinski definition) is 10. The number of rotatable bonds is 11. The third-order valence-electron chi connectivity index (χ3n) is 7.08. The van der Waals surface area contributed by atoms with Crippen molar-refractivity contribution in [3.63, 3.8) is 0 Å². The molecular formula is C25H29FO13. The van der Waals surface area contributed by atoms with Gasteiger partial charge in [0.1, 0.15) is 24.1 Å². The van der Waals surface area contributed by atoms with Crippen molar-refractivity contribution < 1.29 is 68.4 Å². The number of aliphatic carboxylic acids is 3. The van der Waals surface area contributed by atoms with Gasteiger partial charge in [-0.25, -0.2) is 18.8 Å². The van der Waals surface area contributed by atoms with Gasteiger partial charge in [-0.05, 0) is 36.1 Å². The minimum absolute atomic E-state index is 0.177. The molecule has 8 atom stereocenters. The van der Waals surface area contributed by atoms with Crippen LogP contribution in [0.1, 0.15) is 32.3 Å². The van der Waals surface area contributed by atoms with Crippen LogP contribution in [-0.4, -0.2) is 95.9 Å². The summed E-state index contributed by atoms with van der Waals surface area (Å²) in [7, 11) is 0. The molecule has 0 saturated carbocycles. The van der Waals surface area contributed by atoms with Gasteiger partial charge in [0.2, 0.25) is 17.3 Å². The topological polar surface area (TPSA) is 217 Å². The maximum atomic E-state index is 13.6. The Bertz CT molecular complexity index is 1190. The first kappa shape index (κ1) is 30.1. The third kappa shape index (κ3) is 4.89. The number of benzene rings is 1. The molecule has 2 fully saturated rings. The van der Waals surface area contributed by atoms with Crippen LogP contribution in [0.2, 0.25) is 0 Å². The second-order valence-corrected chi connectivity index (χ2v) is 9.75. The van der Waals surface area contributed by atoms with Crippen molar-refractivity contribution in [3.05, 3.63) is 47.8 Å². The maximum Gasteiger partial charge on any atom is 0.343 e. The van der Waals surface area contributed by atoms with Crippen LogP contribution in [0.5, 0.6) is 0 Å². The number of fused-ring (bicyclic) bond motifs is 2. The summed E-state index contributed by atoms with van der Waals surface area (Å²) in [4.78, 5) is 47.9. The number of halogens is 1. The first-order chi connectivity index (χ1) is 18.0. The summed E-state index contributed by atoms with van der Waals surface area (Å²) >= 11 is 0. The van der Waals surface area contributed by atoms with E-state index in [9.17, 15) is 54.2 Å². The Morgan fingerprint density at radius 1 is 1.13 bits per heavy atom. The predicted octanol–water partition coefficient (Wildman–Crippen LogP) is -0.157. The quantitative estimate of drug-likeness (QED) is 0.154. The Morgan fingerprint density at radius 3 is 2.28 bits per heavy atom. The number of carboxylic acid groups (broad SMARTS) is 3. The van der Waals surface area contributed by atoms with E-state index in [4.69, 9.17) is 14.2 Å². The molecule has 0 spiro atoms. The van der Waals surface area contributed by atoms with Crippen molar-refractivity contribution in [2.45, 2.75) is 74.5 Å². The molecule has 39 heavy (non-hydrogen) atoms. The SMILES string of the molecule is C=C(CCC12OC(C(=O)O)C(O)(C(=O)O)C(C(=O)O)(O1)C(O)C2O)C(OC(C)=O)C(C)Cc1cccc(F)c1. The minimum Gasteiger partial charge on any atom is -0.479 e. The van der Waals surface area contributed by atoms with Gasteiger partial charge in [0.05, 0.1) is 0 Å². The van der Waals surface area contributed by atoms with Gasteiger partial charge < -0.3 is 44.8 Å². The second kappa shape index (κ2) is 10.6. The highest BCUT2D eigenvalue weighted by atomic mass is 19.1. The molecule has 2 aliphatic heterocycles. The first-order valence-electron chi connectivity index (χ1n) is 11.8. The van der Waals surface area contributed by atoms with E-state index in [0.29, 0.717) is 5.56 Å². The van der Waals surface area contributed by atoms with Crippen molar-refractivity contribution in [3.8, 4) is 0 Å². The third-order valence-corrected chi connectivity index (χ3v) is 7.08. The monoisotopic (exact) mass is 556 g/mol. The number of aliphatic hydroxyl groups excluding tert-OH is 2.